The highest BCUT2D eigenvalue weighted by Crippen LogP contribution is 2.72. The fraction of sp³-hybridized carbons (Fsp3) is 0.593. The Morgan fingerprint density at radius 3 is 2.46 bits per heavy atom. The maximum absolute atomic E-state index is 13.6. The number of allylic oxidation sites excluding steroid dienone is 2. The first kappa shape index (κ1) is 24.4. The van der Waals surface area contributed by atoms with Gasteiger partial charge >= 0.3 is 12.1 Å². The minimum atomic E-state index is -0.781. The molecule has 3 aliphatic carbocycles. The molecule has 6 rings (SSSR count). The Bertz CT molecular complexity index is 1210. The second-order valence-corrected chi connectivity index (χ2v) is 11.7. The fourth-order valence-corrected chi connectivity index (χ4v) is 9.15. The summed E-state index contributed by atoms with van der Waals surface area (Å²) in [6.07, 6.45) is 6.38. The van der Waals surface area contributed by atoms with Crippen LogP contribution in [0.1, 0.15) is 58.9 Å². The number of ether oxygens (including phenoxy) is 2. The second-order valence-electron chi connectivity index (χ2n) is 11.0. The Labute approximate surface area is 212 Å². The topological polar surface area (TPSA) is 99.9 Å². The van der Waals surface area contributed by atoms with Crippen LogP contribution in [0.3, 0.4) is 0 Å². The molecule has 186 valence electrons. The molecule has 0 unspecified atom stereocenters. The average Bonchev–Trinajstić information content (AvgIpc) is 3.50. The van der Waals surface area contributed by atoms with Crippen LogP contribution in [-0.2, 0) is 28.7 Å². The molecule has 0 aromatic carbocycles. The standard InChI is InChI=1S/C26H29BrO5.CO2/c1-6-16-25(4)17(28)7-9-24(3)20(25)19(32-23(24)29)21-26(16,5)18-12(2)14(11-15(18)31-21)13-8-10-30-22(13)27;2-1-3/h7-10,14-16,19-21H,6,11H2,1-5H3;/t14-,15-,16-,19-,20+,21-,24-,25+,26-;/m1./s1. The number of fused-ring (bicyclic) bond motifs is 4. The maximum atomic E-state index is 13.6. The molecule has 7 nitrogen and oxygen atoms in total. The zero-order valence-electron chi connectivity index (χ0n) is 20.4. The van der Waals surface area contributed by atoms with Crippen LogP contribution < -0.4 is 0 Å². The molecule has 2 aliphatic heterocycles. The second kappa shape index (κ2) is 7.86. The predicted octanol–water partition coefficient (Wildman–Crippen LogP) is 4.77. The molecular formula is C27H29BrO7. The molecule has 0 spiro atoms. The molecule has 8 heteroatoms. The van der Waals surface area contributed by atoms with E-state index in [1.807, 2.05) is 13.0 Å². The Morgan fingerprint density at radius 2 is 1.86 bits per heavy atom. The predicted molar refractivity (Wildman–Crippen MR) is 126 cm³/mol. The van der Waals surface area contributed by atoms with Crippen molar-refractivity contribution in [3.8, 4) is 0 Å². The van der Waals surface area contributed by atoms with E-state index in [0.717, 1.165) is 23.1 Å². The number of halogens is 1. The number of furan rings is 1. The Morgan fingerprint density at radius 1 is 1.17 bits per heavy atom. The van der Waals surface area contributed by atoms with Crippen molar-refractivity contribution in [2.75, 3.05) is 0 Å². The minimum absolute atomic E-state index is 0.0387. The number of esters is 1. The highest BCUT2D eigenvalue weighted by atomic mass is 79.9. The normalized spacial score (nSPS) is 44.7. The Kier molecular flexibility index (Phi) is 5.48. The summed E-state index contributed by atoms with van der Waals surface area (Å²) in [5.41, 5.74) is 1.90. The highest BCUT2D eigenvalue weighted by molar-refractivity contribution is 9.10. The first-order valence-electron chi connectivity index (χ1n) is 12.0. The fourth-order valence-electron chi connectivity index (χ4n) is 8.64. The van der Waals surface area contributed by atoms with Crippen molar-refractivity contribution in [2.45, 2.75) is 71.7 Å². The van der Waals surface area contributed by atoms with Gasteiger partial charge in [0.2, 0.25) is 0 Å². The zero-order valence-corrected chi connectivity index (χ0v) is 22.0. The van der Waals surface area contributed by atoms with E-state index in [0.29, 0.717) is 0 Å². The lowest BCUT2D eigenvalue weighted by molar-refractivity contribution is -0.191. The molecule has 0 N–H and O–H groups in total. The molecule has 1 saturated carbocycles. The first-order valence-corrected chi connectivity index (χ1v) is 12.8. The van der Waals surface area contributed by atoms with Gasteiger partial charge < -0.3 is 13.9 Å². The minimum Gasteiger partial charge on any atom is -0.459 e. The molecule has 0 radical (unpaired) electrons. The van der Waals surface area contributed by atoms with E-state index in [-0.39, 0.29) is 53.3 Å². The van der Waals surface area contributed by atoms with Crippen LogP contribution in [0.4, 0.5) is 0 Å². The van der Waals surface area contributed by atoms with E-state index in [2.05, 4.69) is 43.6 Å². The smallest absolute Gasteiger partial charge is 0.373 e. The molecule has 3 fully saturated rings. The summed E-state index contributed by atoms with van der Waals surface area (Å²) in [6, 6.07) is 2.02. The van der Waals surface area contributed by atoms with Gasteiger partial charge in [-0.05, 0) is 59.8 Å². The quantitative estimate of drug-likeness (QED) is 0.390. The highest BCUT2D eigenvalue weighted by Gasteiger charge is 2.77. The van der Waals surface area contributed by atoms with Crippen molar-refractivity contribution < 1.29 is 33.1 Å². The zero-order chi connectivity index (χ0) is 25.5. The summed E-state index contributed by atoms with van der Waals surface area (Å²) >= 11 is 3.55. The third kappa shape index (κ3) is 2.82. The van der Waals surface area contributed by atoms with Crippen LogP contribution in [-0.4, -0.2) is 36.2 Å². The van der Waals surface area contributed by atoms with Gasteiger partial charge in [-0.25, -0.2) is 0 Å². The van der Waals surface area contributed by atoms with Crippen LogP contribution >= 0.6 is 15.9 Å². The summed E-state index contributed by atoms with van der Waals surface area (Å²) in [5, 5.41) is 0. The van der Waals surface area contributed by atoms with Crippen LogP contribution in [0.15, 0.2) is 44.7 Å². The van der Waals surface area contributed by atoms with E-state index in [1.54, 1.807) is 18.4 Å². The number of carbonyl (C=O) groups is 2. The Hall–Kier alpha value is -2.28. The van der Waals surface area contributed by atoms with Gasteiger partial charge in [-0.3, -0.25) is 9.59 Å². The van der Waals surface area contributed by atoms with Gasteiger partial charge in [-0.1, -0.05) is 38.8 Å². The van der Waals surface area contributed by atoms with Crippen LogP contribution in [0.25, 0.3) is 0 Å². The lowest BCUT2D eigenvalue weighted by atomic mass is 9.42. The van der Waals surface area contributed by atoms with Crippen molar-refractivity contribution in [3.05, 3.63) is 45.9 Å². The molecule has 1 aromatic heterocycles. The first-order chi connectivity index (χ1) is 16.5. The molecule has 2 saturated heterocycles. The number of hydrogen-bond acceptors (Lipinski definition) is 7. The van der Waals surface area contributed by atoms with E-state index in [1.165, 1.54) is 11.1 Å². The molecule has 0 amide bonds. The average molecular weight is 545 g/mol. The van der Waals surface area contributed by atoms with Gasteiger partial charge in [0.25, 0.3) is 0 Å². The van der Waals surface area contributed by atoms with Gasteiger partial charge in [0.15, 0.2) is 10.5 Å². The monoisotopic (exact) mass is 544 g/mol. The van der Waals surface area contributed by atoms with Crippen molar-refractivity contribution in [3.63, 3.8) is 0 Å². The van der Waals surface area contributed by atoms with Gasteiger partial charge in [-0.2, -0.15) is 9.59 Å². The van der Waals surface area contributed by atoms with Crippen LogP contribution in [0.5, 0.6) is 0 Å². The lowest BCUT2D eigenvalue weighted by Gasteiger charge is -2.59. The largest absolute Gasteiger partial charge is 0.459 e. The van der Waals surface area contributed by atoms with E-state index >= 15 is 0 Å². The van der Waals surface area contributed by atoms with Crippen LogP contribution in [0.2, 0.25) is 0 Å². The Balaban J connectivity index is 0.000000806. The SMILES string of the molecule is CC[C@H]1[C@]2(C)C3=C(C)[C@H](c4ccoc4Br)C[C@H]3O[C@@H]2[C@@H]2OC(=O)[C@]3(C)C=CC(=O)[C@@]1(C)[C@@H]23.O=C=O. The number of carbonyl (C=O) groups excluding carboxylic acids is 4. The number of rotatable bonds is 2. The van der Waals surface area contributed by atoms with Gasteiger partial charge in [0.05, 0.1) is 17.8 Å². The molecule has 9 atom stereocenters. The molecular weight excluding hydrogens is 516 g/mol. The van der Waals surface area contributed by atoms with Crippen LogP contribution in [0, 0.1) is 28.1 Å². The molecule has 3 heterocycles. The molecule has 5 aliphatic rings. The summed E-state index contributed by atoms with van der Waals surface area (Å²) < 4.78 is 19.2. The van der Waals surface area contributed by atoms with E-state index in [4.69, 9.17) is 23.5 Å². The number of ketones is 1. The third-order valence-electron chi connectivity index (χ3n) is 9.79. The number of hydrogen-bond donors (Lipinski definition) is 0. The van der Waals surface area contributed by atoms with E-state index in [9.17, 15) is 9.59 Å². The van der Waals surface area contributed by atoms with Crippen molar-refractivity contribution in [2.24, 2.45) is 28.1 Å². The molecule has 1 aromatic rings. The summed E-state index contributed by atoms with van der Waals surface area (Å²) in [5.74, 6) is -0.0605. The maximum Gasteiger partial charge on any atom is 0.373 e. The van der Waals surface area contributed by atoms with Crippen molar-refractivity contribution in [1.29, 1.82) is 0 Å². The molecule has 0 bridgehead atoms. The van der Waals surface area contributed by atoms with Gasteiger partial charge in [0, 0.05) is 28.2 Å². The van der Waals surface area contributed by atoms with Gasteiger partial charge in [-0.15, -0.1) is 0 Å². The van der Waals surface area contributed by atoms with E-state index < -0.39 is 16.9 Å². The molecule has 35 heavy (non-hydrogen) atoms. The lowest BCUT2D eigenvalue weighted by Crippen LogP contribution is -2.65. The summed E-state index contributed by atoms with van der Waals surface area (Å²) in [4.78, 5) is 42.9. The van der Waals surface area contributed by atoms with Gasteiger partial charge in [0.1, 0.15) is 12.2 Å². The van der Waals surface area contributed by atoms with Crippen molar-refractivity contribution in [1.82, 2.24) is 0 Å². The summed E-state index contributed by atoms with van der Waals surface area (Å²) in [6.45, 7) is 10.6. The van der Waals surface area contributed by atoms with Crippen molar-refractivity contribution >= 4 is 33.8 Å². The summed E-state index contributed by atoms with van der Waals surface area (Å²) in [7, 11) is 0. The third-order valence-corrected chi connectivity index (χ3v) is 10.4.